The fourth-order valence-corrected chi connectivity index (χ4v) is 13.8. The molecule has 0 spiro atoms. The van der Waals surface area contributed by atoms with E-state index in [1.54, 1.807) is 0 Å². The van der Waals surface area contributed by atoms with Crippen molar-refractivity contribution in [3.05, 3.63) is 24.3 Å². The van der Waals surface area contributed by atoms with Crippen molar-refractivity contribution in [2.45, 2.75) is 501 Å². The molecule has 3 N–H and O–H groups in total. The molecular weight excluding hydrogens is 1130 g/mol. The van der Waals surface area contributed by atoms with Crippen LogP contribution in [0.15, 0.2) is 24.3 Å². The number of aliphatic hydroxyl groups is 2. The van der Waals surface area contributed by atoms with Crippen molar-refractivity contribution in [3.8, 4) is 0 Å². The maximum atomic E-state index is 12.6. The molecule has 6 nitrogen and oxygen atoms in total. The molecule has 0 aromatic rings. The second kappa shape index (κ2) is 81.8. The summed E-state index contributed by atoms with van der Waals surface area (Å²) >= 11 is 0. The molecule has 92 heavy (non-hydrogen) atoms. The molecule has 0 aliphatic carbocycles. The van der Waals surface area contributed by atoms with Crippen LogP contribution in [0, 0.1) is 0 Å². The van der Waals surface area contributed by atoms with Crippen molar-refractivity contribution in [2.24, 2.45) is 0 Å². The summed E-state index contributed by atoms with van der Waals surface area (Å²) in [5.74, 6) is -0.00496. The number of unbranched alkanes of at least 4 members (excludes halogenated alkanes) is 66. The van der Waals surface area contributed by atoms with E-state index in [0.717, 1.165) is 44.9 Å². The standard InChI is InChI=1S/C86H167NO5/c1-3-5-7-9-11-13-15-17-19-21-22-23-24-38-41-44-47-50-54-58-62-66-70-74-78-84(89)83(82-88)87-85(90)79-75-71-67-63-59-55-51-48-45-42-39-36-34-32-30-28-26-25-27-29-31-33-35-37-40-43-46-49-53-57-61-65-69-73-77-81-92-86(91)80-76-72-68-64-60-56-52-20-18-16-14-12-10-8-6-4-2/h27,29,33,35,83-84,88-89H,3-26,28,30-32,34,36-82H2,1-2H3,(H,87,90)/b29-27-,35-33-. The average molecular weight is 1300 g/mol. The summed E-state index contributed by atoms with van der Waals surface area (Å²) in [5.41, 5.74) is 0. The number of rotatable bonds is 81. The Hall–Kier alpha value is -1.66. The maximum absolute atomic E-state index is 12.6. The quantitative estimate of drug-likeness (QED) is 0.0320. The van der Waals surface area contributed by atoms with Crippen LogP contribution in [0.5, 0.6) is 0 Å². The van der Waals surface area contributed by atoms with Crippen LogP contribution >= 0.6 is 0 Å². The van der Waals surface area contributed by atoms with Gasteiger partial charge in [0.2, 0.25) is 5.91 Å². The Labute approximate surface area is 577 Å². The summed E-state index contributed by atoms with van der Waals surface area (Å²) in [4.78, 5) is 24.7. The van der Waals surface area contributed by atoms with Gasteiger partial charge >= 0.3 is 5.97 Å². The van der Waals surface area contributed by atoms with Gasteiger partial charge in [0.05, 0.1) is 25.4 Å². The number of allylic oxidation sites excluding steroid dienone is 4. The third kappa shape index (κ3) is 77.3. The van der Waals surface area contributed by atoms with Crippen molar-refractivity contribution >= 4 is 11.9 Å². The number of amides is 1. The highest BCUT2D eigenvalue weighted by atomic mass is 16.5. The lowest BCUT2D eigenvalue weighted by molar-refractivity contribution is -0.143. The first-order valence-electron chi connectivity index (χ1n) is 42.6. The van der Waals surface area contributed by atoms with Crippen molar-refractivity contribution in [2.75, 3.05) is 13.2 Å². The first kappa shape index (κ1) is 90.3. The number of hydrogen-bond acceptors (Lipinski definition) is 5. The molecule has 546 valence electrons. The summed E-state index contributed by atoms with van der Waals surface area (Å²) in [7, 11) is 0. The highest BCUT2D eigenvalue weighted by Gasteiger charge is 2.20. The molecule has 0 fully saturated rings. The topological polar surface area (TPSA) is 95.9 Å². The summed E-state index contributed by atoms with van der Waals surface area (Å²) in [6.45, 7) is 5.02. The van der Waals surface area contributed by atoms with Crippen LogP contribution in [0.1, 0.15) is 489 Å². The fraction of sp³-hybridized carbons (Fsp3) is 0.930. The molecule has 0 aromatic heterocycles. The summed E-state index contributed by atoms with van der Waals surface area (Å²) in [6, 6.07) is -0.541. The SMILES string of the molecule is CCCCCCCCCCCCCCCCCCCCCCCCCCC(O)C(CO)NC(=O)CCCCCCCCCCCCCCCCCCC/C=C\C/C=C\CCCCCCCCCCCCCOC(=O)CCCCCCCCCCCCCCCCCC. The number of hydrogen-bond donors (Lipinski definition) is 3. The normalized spacial score (nSPS) is 12.5. The van der Waals surface area contributed by atoms with Crippen LogP contribution in [0.4, 0.5) is 0 Å². The Morgan fingerprint density at radius 2 is 0.543 bits per heavy atom. The minimum atomic E-state index is -0.664. The monoisotopic (exact) mass is 1290 g/mol. The molecule has 0 rings (SSSR count). The van der Waals surface area contributed by atoms with E-state index in [1.165, 1.54) is 411 Å². The highest BCUT2D eigenvalue weighted by molar-refractivity contribution is 5.76. The first-order valence-corrected chi connectivity index (χ1v) is 42.6. The molecule has 6 heteroatoms. The van der Waals surface area contributed by atoms with Crippen LogP contribution in [-0.2, 0) is 14.3 Å². The number of carbonyl (C=O) groups is 2. The van der Waals surface area contributed by atoms with Crippen molar-refractivity contribution in [3.63, 3.8) is 0 Å². The van der Waals surface area contributed by atoms with E-state index in [2.05, 4.69) is 43.5 Å². The number of nitrogens with one attached hydrogen (secondary N) is 1. The minimum Gasteiger partial charge on any atom is -0.466 e. The zero-order valence-corrected chi connectivity index (χ0v) is 62.8. The predicted molar refractivity (Wildman–Crippen MR) is 407 cm³/mol. The van der Waals surface area contributed by atoms with Gasteiger partial charge in [-0.2, -0.15) is 0 Å². The number of ether oxygens (including phenoxy) is 1. The van der Waals surface area contributed by atoms with E-state index in [-0.39, 0.29) is 18.5 Å². The zero-order chi connectivity index (χ0) is 66.3. The molecular formula is C86H167NO5. The molecule has 0 saturated carbocycles. The molecule has 2 unspecified atom stereocenters. The first-order chi connectivity index (χ1) is 45.5. The van der Waals surface area contributed by atoms with Crippen molar-refractivity contribution in [1.82, 2.24) is 5.32 Å². The lowest BCUT2D eigenvalue weighted by Gasteiger charge is -2.22. The second-order valence-electron chi connectivity index (χ2n) is 29.5. The van der Waals surface area contributed by atoms with E-state index < -0.39 is 12.1 Å². The fourth-order valence-electron chi connectivity index (χ4n) is 13.8. The number of aliphatic hydroxyl groups excluding tert-OH is 2. The molecule has 0 radical (unpaired) electrons. The van der Waals surface area contributed by atoms with E-state index in [9.17, 15) is 19.8 Å². The van der Waals surface area contributed by atoms with Gasteiger partial charge in [-0.05, 0) is 57.8 Å². The molecule has 0 saturated heterocycles. The van der Waals surface area contributed by atoms with Gasteiger partial charge in [0, 0.05) is 12.8 Å². The summed E-state index contributed by atoms with van der Waals surface area (Å²) in [6.07, 6.45) is 106. The maximum Gasteiger partial charge on any atom is 0.305 e. The van der Waals surface area contributed by atoms with Crippen LogP contribution < -0.4 is 5.32 Å². The lowest BCUT2D eigenvalue weighted by atomic mass is 10.0. The van der Waals surface area contributed by atoms with Crippen molar-refractivity contribution < 1.29 is 24.5 Å². The van der Waals surface area contributed by atoms with Crippen molar-refractivity contribution in [1.29, 1.82) is 0 Å². The summed E-state index contributed by atoms with van der Waals surface area (Å²) < 4.78 is 5.51. The third-order valence-electron chi connectivity index (χ3n) is 20.3. The van der Waals surface area contributed by atoms with Gasteiger partial charge in [-0.25, -0.2) is 0 Å². The van der Waals surface area contributed by atoms with Crippen LogP contribution in [0.2, 0.25) is 0 Å². The second-order valence-corrected chi connectivity index (χ2v) is 29.5. The van der Waals surface area contributed by atoms with E-state index in [0.29, 0.717) is 25.9 Å². The molecule has 0 aromatic carbocycles. The van der Waals surface area contributed by atoms with Gasteiger partial charge in [0.15, 0.2) is 0 Å². The third-order valence-corrected chi connectivity index (χ3v) is 20.3. The van der Waals surface area contributed by atoms with E-state index in [1.807, 2.05) is 0 Å². The largest absolute Gasteiger partial charge is 0.466 e. The van der Waals surface area contributed by atoms with Gasteiger partial charge in [0.25, 0.3) is 0 Å². The molecule has 0 heterocycles. The molecule has 2 atom stereocenters. The van der Waals surface area contributed by atoms with Gasteiger partial charge in [-0.3, -0.25) is 9.59 Å². The van der Waals surface area contributed by atoms with Crippen LogP contribution in [-0.4, -0.2) is 47.4 Å². The Morgan fingerprint density at radius 1 is 0.304 bits per heavy atom. The molecule has 0 bridgehead atoms. The zero-order valence-electron chi connectivity index (χ0n) is 62.8. The van der Waals surface area contributed by atoms with Gasteiger partial charge < -0.3 is 20.3 Å². The van der Waals surface area contributed by atoms with Crippen LogP contribution in [0.25, 0.3) is 0 Å². The van der Waals surface area contributed by atoms with E-state index >= 15 is 0 Å². The minimum absolute atomic E-state index is 0.0215. The average Bonchev–Trinajstić information content (AvgIpc) is 3.77. The van der Waals surface area contributed by atoms with Crippen LogP contribution in [0.3, 0.4) is 0 Å². The highest BCUT2D eigenvalue weighted by Crippen LogP contribution is 2.21. The Morgan fingerprint density at radius 3 is 0.826 bits per heavy atom. The van der Waals surface area contributed by atoms with Gasteiger partial charge in [-0.15, -0.1) is 0 Å². The molecule has 0 aliphatic rings. The Kier molecular flexibility index (Phi) is 80.3. The Balaban J connectivity index is 3.36. The Bertz CT molecular complexity index is 1450. The van der Waals surface area contributed by atoms with Gasteiger partial charge in [0.1, 0.15) is 0 Å². The lowest BCUT2D eigenvalue weighted by Crippen LogP contribution is -2.45. The smallest absolute Gasteiger partial charge is 0.305 e. The number of carbonyl (C=O) groups excluding carboxylic acids is 2. The van der Waals surface area contributed by atoms with E-state index in [4.69, 9.17) is 4.74 Å². The predicted octanol–water partition coefficient (Wildman–Crippen LogP) is 28.4. The molecule has 0 aliphatic heterocycles. The number of esters is 1. The van der Waals surface area contributed by atoms with Gasteiger partial charge in [-0.1, -0.05) is 443 Å². The summed E-state index contributed by atoms with van der Waals surface area (Å²) in [5, 5.41) is 23.5. The molecule has 1 amide bonds.